The first-order valence-corrected chi connectivity index (χ1v) is 10.3. The van der Waals surface area contributed by atoms with Crippen LogP contribution in [0, 0.1) is 0 Å². The molecule has 3 rings (SSSR count). The second-order valence-electron chi connectivity index (χ2n) is 7.21. The van der Waals surface area contributed by atoms with Gasteiger partial charge in [0.1, 0.15) is 5.75 Å². The van der Waals surface area contributed by atoms with Gasteiger partial charge in [0.05, 0.1) is 17.5 Å². The van der Waals surface area contributed by atoms with E-state index in [4.69, 9.17) is 11.6 Å². The van der Waals surface area contributed by atoms with Crippen LogP contribution in [0.4, 0.5) is 5.69 Å². The Hall–Kier alpha value is -3.39. The lowest BCUT2D eigenvalue weighted by molar-refractivity contribution is -0.136. The molecule has 0 unspecified atom stereocenters. The summed E-state index contributed by atoms with van der Waals surface area (Å²) in [6.07, 6.45) is 6.37. The molecule has 1 saturated carbocycles. The highest BCUT2D eigenvalue weighted by molar-refractivity contribution is 6.40. The van der Waals surface area contributed by atoms with E-state index in [-0.39, 0.29) is 34.5 Å². The van der Waals surface area contributed by atoms with Gasteiger partial charge >= 0.3 is 11.8 Å². The second-order valence-corrected chi connectivity index (χ2v) is 7.65. The van der Waals surface area contributed by atoms with E-state index in [1.165, 1.54) is 24.6 Å². The Kier molecular flexibility index (Phi) is 7.61. The van der Waals surface area contributed by atoms with Gasteiger partial charge < -0.3 is 15.7 Å². The van der Waals surface area contributed by atoms with Crippen molar-refractivity contribution in [2.75, 3.05) is 5.32 Å². The molecular formula is C22H23ClN4O4. The molecule has 8 nitrogen and oxygen atoms in total. The van der Waals surface area contributed by atoms with Gasteiger partial charge in [0, 0.05) is 16.6 Å². The van der Waals surface area contributed by atoms with Crippen LogP contribution in [0.1, 0.15) is 48.0 Å². The average molecular weight is 443 g/mol. The van der Waals surface area contributed by atoms with Crippen molar-refractivity contribution in [3.63, 3.8) is 0 Å². The van der Waals surface area contributed by atoms with Crippen LogP contribution < -0.4 is 16.1 Å². The molecule has 0 spiro atoms. The predicted molar refractivity (Wildman–Crippen MR) is 118 cm³/mol. The maximum absolute atomic E-state index is 12.7. The molecule has 0 aromatic heterocycles. The first kappa shape index (κ1) is 22.3. The fourth-order valence-corrected chi connectivity index (χ4v) is 3.50. The maximum Gasteiger partial charge on any atom is 0.329 e. The number of nitrogens with one attached hydrogen (secondary N) is 3. The summed E-state index contributed by atoms with van der Waals surface area (Å²) in [5.74, 6) is -2.38. The minimum atomic E-state index is -1.03. The quantitative estimate of drug-likeness (QED) is 0.323. The Morgan fingerprint density at radius 3 is 2.55 bits per heavy atom. The largest absolute Gasteiger partial charge is 0.507 e. The van der Waals surface area contributed by atoms with Crippen molar-refractivity contribution in [2.45, 2.75) is 38.1 Å². The predicted octanol–water partition coefficient (Wildman–Crippen LogP) is 3.20. The molecule has 0 bridgehead atoms. The number of phenols is 1. The minimum absolute atomic E-state index is 0.0789. The van der Waals surface area contributed by atoms with Crippen LogP contribution >= 0.6 is 11.6 Å². The fourth-order valence-electron chi connectivity index (χ4n) is 3.32. The summed E-state index contributed by atoms with van der Waals surface area (Å²) in [4.78, 5) is 37.0. The van der Waals surface area contributed by atoms with Crippen molar-refractivity contribution in [1.29, 1.82) is 0 Å². The SMILES string of the molecule is O=C(N/N=C/c1cc(Cl)ccc1O)C(=O)Nc1ccccc1C(=O)NC1CCCCC1. The molecule has 2 aromatic carbocycles. The number of aromatic hydroxyl groups is 1. The van der Waals surface area contributed by atoms with Gasteiger partial charge in [-0.05, 0) is 43.2 Å². The zero-order chi connectivity index (χ0) is 22.2. The highest BCUT2D eigenvalue weighted by atomic mass is 35.5. The third-order valence-corrected chi connectivity index (χ3v) is 5.16. The summed E-state index contributed by atoms with van der Waals surface area (Å²) >= 11 is 5.84. The summed E-state index contributed by atoms with van der Waals surface area (Å²) in [6.45, 7) is 0. The normalized spacial score (nSPS) is 14.2. The van der Waals surface area contributed by atoms with Crippen molar-refractivity contribution >= 4 is 41.2 Å². The van der Waals surface area contributed by atoms with E-state index in [9.17, 15) is 19.5 Å². The number of hydrogen-bond acceptors (Lipinski definition) is 5. The molecule has 0 aliphatic heterocycles. The number of amides is 3. The van der Waals surface area contributed by atoms with E-state index < -0.39 is 11.8 Å². The molecule has 3 amide bonds. The van der Waals surface area contributed by atoms with Gasteiger partial charge in [0.15, 0.2) is 0 Å². The Morgan fingerprint density at radius 2 is 1.77 bits per heavy atom. The second kappa shape index (κ2) is 10.6. The number of hydrazone groups is 1. The summed E-state index contributed by atoms with van der Waals surface area (Å²) in [5, 5.41) is 19.2. The molecule has 0 saturated heterocycles. The number of phenolic OH excluding ortho intramolecular Hbond substituents is 1. The van der Waals surface area contributed by atoms with E-state index in [2.05, 4.69) is 21.2 Å². The third-order valence-electron chi connectivity index (χ3n) is 4.93. The van der Waals surface area contributed by atoms with Crippen LogP contribution in [-0.2, 0) is 9.59 Å². The maximum atomic E-state index is 12.7. The van der Waals surface area contributed by atoms with Gasteiger partial charge in [-0.3, -0.25) is 14.4 Å². The Labute approximate surface area is 184 Å². The number of halogens is 1. The van der Waals surface area contributed by atoms with E-state index in [1.54, 1.807) is 24.3 Å². The molecule has 4 N–H and O–H groups in total. The number of carbonyl (C=O) groups excluding carboxylic acids is 3. The third kappa shape index (κ3) is 6.29. The van der Waals surface area contributed by atoms with Gasteiger partial charge in [0.25, 0.3) is 5.91 Å². The molecule has 1 aliphatic carbocycles. The smallest absolute Gasteiger partial charge is 0.329 e. The number of para-hydroxylation sites is 1. The minimum Gasteiger partial charge on any atom is -0.507 e. The van der Waals surface area contributed by atoms with Crippen molar-refractivity contribution in [3.05, 3.63) is 58.6 Å². The Morgan fingerprint density at radius 1 is 1.03 bits per heavy atom. The molecular weight excluding hydrogens is 420 g/mol. The van der Waals surface area contributed by atoms with E-state index in [0.717, 1.165) is 31.9 Å². The number of benzene rings is 2. The summed E-state index contributed by atoms with van der Waals surface area (Å²) in [5.41, 5.74) is 2.86. The number of anilines is 1. The number of rotatable bonds is 5. The van der Waals surface area contributed by atoms with E-state index in [0.29, 0.717) is 5.02 Å². The van der Waals surface area contributed by atoms with Crippen molar-refractivity contribution in [1.82, 2.24) is 10.7 Å². The topological polar surface area (TPSA) is 120 Å². The zero-order valence-electron chi connectivity index (χ0n) is 16.7. The van der Waals surface area contributed by atoms with Crippen LogP contribution in [0.3, 0.4) is 0 Å². The molecule has 1 aliphatic rings. The van der Waals surface area contributed by atoms with E-state index >= 15 is 0 Å². The first-order valence-electron chi connectivity index (χ1n) is 9.97. The molecule has 9 heteroatoms. The van der Waals surface area contributed by atoms with Crippen molar-refractivity contribution in [3.8, 4) is 5.75 Å². The molecule has 31 heavy (non-hydrogen) atoms. The van der Waals surface area contributed by atoms with Crippen LogP contribution in [-0.4, -0.2) is 35.1 Å². The summed E-state index contributed by atoms with van der Waals surface area (Å²) in [6, 6.07) is 10.9. The fraction of sp³-hybridized carbons (Fsp3) is 0.273. The number of nitrogens with zero attached hydrogens (tertiary/aromatic N) is 1. The number of carbonyl (C=O) groups is 3. The number of hydrogen-bond donors (Lipinski definition) is 4. The molecule has 0 radical (unpaired) electrons. The summed E-state index contributed by atoms with van der Waals surface area (Å²) in [7, 11) is 0. The van der Waals surface area contributed by atoms with Crippen molar-refractivity contribution in [2.24, 2.45) is 5.10 Å². The van der Waals surface area contributed by atoms with E-state index in [1.807, 2.05) is 0 Å². The van der Waals surface area contributed by atoms with Crippen LogP contribution in [0.2, 0.25) is 5.02 Å². The summed E-state index contributed by atoms with van der Waals surface area (Å²) < 4.78 is 0. The zero-order valence-corrected chi connectivity index (χ0v) is 17.5. The highest BCUT2D eigenvalue weighted by Gasteiger charge is 2.20. The molecule has 162 valence electrons. The first-order chi connectivity index (χ1) is 14.9. The van der Waals surface area contributed by atoms with Gasteiger partial charge in [-0.15, -0.1) is 0 Å². The molecule has 2 aromatic rings. The molecule has 1 fully saturated rings. The Balaban J connectivity index is 1.60. The lowest BCUT2D eigenvalue weighted by Gasteiger charge is -2.23. The lowest BCUT2D eigenvalue weighted by Crippen LogP contribution is -2.37. The van der Waals surface area contributed by atoms with Crippen LogP contribution in [0.25, 0.3) is 0 Å². The van der Waals surface area contributed by atoms with Crippen LogP contribution in [0.5, 0.6) is 5.75 Å². The van der Waals surface area contributed by atoms with Crippen molar-refractivity contribution < 1.29 is 19.5 Å². The van der Waals surface area contributed by atoms with Gasteiger partial charge in [-0.1, -0.05) is 43.0 Å². The van der Waals surface area contributed by atoms with Gasteiger partial charge in [-0.25, -0.2) is 5.43 Å². The standard InChI is InChI=1S/C22H23ClN4O4/c23-15-10-11-19(28)14(12-15)13-24-27-22(31)21(30)26-18-9-5-4-8-17(18)20(29)25-16-6-2-1-3-7-16/h4-5,8-13,16,28H,1-3,6-7H2,(H,25,29)(H,26,30)(H,27,31)/b24-13+. The Bertz CT molecular complexity index is 1000. The molecule has 0 atom stereocenters. The van der Waals surface area contributed by atoms with Crippen LogP contribution in [0.15, 0.2) is 47.6 Å². The van der Waals surface area contributed by atoms with Gasteiger partial charge in [0.2, 0.25) is 0 Å². The lowest BCUT2D eigenvalue weighted by atomic mass is 9.95. The average Bonchev–Trinajstić information content (AvgIpc) is 2.77. The highest BCUT2D eigenvalue weighted by Crippen LogP contribution is 2.21. The van der Waals surface area contributed by atoms with Gasteiger partial charge in [-0.2, -0.15) is 5.10 Å². The molecule has 0 heterocycles. The monoisotopic (exact) mass is 442 g/mol.